The number of phenols is 1. The van der Waals surface area contributed by atoms with Crippen LogP contribution in [-0.4, -0.2) is 21.8 Å². The summed E-state index contributed by atoms with van der Waals surface area (Å²) >= 11 is 0. The Kier molecular flexibility index (Phi) is 4.83. The summed E-state index contributed by atoms with van der Waals surface area (Å²) in [5.74, 6) is -0.776. The van der Waals surface area contributed by atoms with Crippen LogP contribution in [0, 0.1) is 0 Å². The Labute approximate surface area is 137 Å². The lowest BCUT2D eigenvalue weighted by Crippen LogP contribution is -2.31. The Balaban J connectivity index is 2.49. The Bertz CT molecular complexity index is 681. The lowest BCUT2D eigenvalue weighted by atomic mass is 9.92. The first kappa shape index (κ1) is 17.1. The molecule has 1 atom stereocenters. The van der Waals surface area contributed by atoms with Crippen LogP contribution in [0.1, 0.15) is 62.0 Å². The van der Waals surface area contributed by atoms with Crippen molar-refractivity contribution < 1.29 is 19.7 Å². The van der Waals surface area contributed by atoms with E-state index >= 15 is 0 Å². The highest BCUT2D eigenvalue weighted by Crippen LogP contribution is 2.41. The second kappa shape index (κ2) is 6.49. The SMILES string of the molecule is CCCc1cc2c(c(O)c1C(=O)O)C=CC(C)(CC=C(C)C)O2. The molecule has 0 radical (unpaired) electrons. The van der Waals surface area contributed by atoms with Crippen LogP contribution in [-0.2, 0) is 6.42 Å². The van der Waals surface area contributed by atoms with Crippen molar-refractivity contribution in [2.24, 2.45) is 0 Å². The molecule has 124 valence electrons. The molecule has 0 bridgehead atoms. The molecule has 4 heteroatoms. The third-order valence-electron chi connectivity index (χ3n) is 3.98. The minimum atomic E-state index is -1.11. The van der Waals surface area contributed by atoms with Crippen molar-refractivity contribution in [3.8, 4) is 11.5 Å². The lowest BCUT2D eigenvalue weighted by molar-refractivity contribution is 0.0692. The van der Waals surface area contributed by atoms with Crippen LogP contribution in [0.25, 0.3) is 6.08 Å². The minimum Gasteiger partial charge on any atom is -0.506 e. The largest absolute Gasteiger partial charge is 0.506 e. The molecule has 0 aliphatic carbocycles. The summed E-state index contributed by atoms with van der Waals surface area (Å²) in [4.78, 5) is 11.5. The number of fused-ring (bicyclic) bond motifs is 1. The molecule has 2 rings (SSSR count). The van der Waals surface area contributed by atoms with Gasteiger partial charge in [-0.05, 0) is 51.0 Å². The van der Waals surface area contributed by atoms with Crippen LogP contribution < -0.4 is 4.74 Å². The van der Waals surface area contributed by atoms with Crippen LogP contribution >= 0.6 is 0 Å². The summed E-state index contributed by atoms with van der Waals surface area (Å²) < 4.78 is 6.09. The Hall–Kier alpha value is -2.23. The molecule has 0 amide bonds. The van der Waals surface area contributed by atoms with E-state index in [4.69, 9.17) is 4.74 Å². The number of rotatable bonds is 5. The maximum Gasteiger partial charge on any atom is 0.339 e. The first-order valence-corrected chi connectivity index (χ1v) is 7.91. The van der Waals surface area contributed by atoms with E-state index in [0.717, 1.165) is 12.8 Å². The zero-order valence-electron chi connectivity index (χ0n) is 14.1. The molecule has 2 N–H and O–H groups in total. The van der Waals surface area contributed by atoms with Gasteiger partial charge in [-0.2, -0.15) is 0 Å². The number of allylic oxidation sites excluding steroid dienone is 1. The van der Waals surface area contributed by atoms with E-state index in [0.29, 0.717) is 23.3 Å². The molecule has 0 fully saturated rings. The summed E-state index contributed by atoms with van der Waals surface area (Å²) in [6.07, 6.45) is 7.84. The predicted molar refractivity (Wildman–Crippen MR) is 91.2 cm³/mol. The third kappa shape index (κ3) is 3.58. The van der Waals surface area contributed by atoms with Crippen LogP contribution in [0.5, 0.6) is 11.5 Å². The van der Waals surface area contributed by atoms with Crippen LogP contribution in [0.3, 0.4) is 0 Å². The van der Waals surface area contributed by atoms with Gasteiger partial charge in [0.25, 0.3) is 0 Å². The second-order valence-electron chi connectivity index (χ2n) is 6.46. The first-order chi connectivity index (χ1) is 10.8. The molecule has 0 aromatic heterocycles. The number of ether oxygens (including phenoxy) is 1. The molecule has 1 aliphatic heterocycles. The molecule has 0 saturated carbocycles. The van der Waals surface area contributed by atoms with E-state index in [1.807, 2.05) is 33.8 Å². The van der Waals surface area contributed by atoms with Crippen molar-refractivity contribution in [2.45, 2.75) is 52.6 Å². The molecule has 4 nitrogen and oxygen atoms in total. The molecule has 0 saturated heterocycles. The second-order valence-corrected chi connectivity index (χ2v) is 6.46. The van der Waals surface area contributed by atoms with E-state index in [2.05, 4.69) is 6.08 Å². The summed E-state index contributed by atoms with van der Waals surface area (Å²) in [5, 5.41) is 19.8. The molecule has 0 spiro atoms. The minimum absolute atomic E-state index is 0.0215. The van der Waals surface area contributed by atoms with Crippen molar-refractivity contribution in [3.63, 3.8) is 0 Å². The summed E-state index contributed by atoms with van der Waals surface area (Å²) in [6, 6.07) is 1.76. The molecule has 1 aromatic carbocycles. The van der Waals surface area contributed by atoms with Gasteiger partial charge in [0, 0.05) is 6.42 Å². The first-order valence-electron chi connectivity index (χ1n) is 7.91. The van der Waals surface area contributed by atoms with Crippen molar-refractivity contribution in [2.75, 3.05) is 0 Å². The number of carboxylic acid groups (broad SMARTS) is 1. The van der Waals surface area contributed by atoms with Gasteiger partial charge in [0.2, 0.25) is 0 Å². The van der Waals surface area contributed by atoms with E-state index in [1.165, 1.54) is 5.57 Å². The van der Waals surface area contributed by atoms with Gasteiger partial charge in [-0.1, -0.05) is 25.0 Å². The number of carbonyl (C=O) groups is 1. The predicted octanol–water partition coefficient (Wildman–Crippen LogP) is 4.56. The van der Waals surface area contributed by atoms with Gasteiger partial charge < -0.3 is 14.9 Å². The normalized spacial score (nSPS) is 19.0. The molecule has 23 heavy (non-hydrogen) atoms. The van der Waals surface area contributed by atoms with Crippen molar-refractivity contribution in [1.82, 2.24) is 0 Å². The Morgan fingerprint density at radius 2 is 2.09 bits per heavy atom. The molecule has 1 heterocycles. The average molecular weight is 316 g/mol. The maximum absolute atomic E-state index is 11.5. The number of aromatic hydroxyl groups is 1. The monoisotopic (exact) mass is 316 g/mol. The van der Waals surface area contributed by atoms with E-state index < -0.39 is 11.6 Å². The van der Waals surface area contributed by atoms with Crippen molar-refractivity contribution in [3.05, 3.63) is 40.5 Å². The van der Waals surface area contributed by atoms with Gasteiger partial charge in [0.1, 0.15) is 22.7 Å². The van der Waals surface area contributed by atoms with E-state index in [1.54, 1.807) is 12.1 Å². The fraction of sp³-hybridized carbons (Fsp3) is 0.421. The molecule has 1 unspecified atom stereocenters. The van der Waals surface area contributed by atoms with Crippen LogP contribution in [0.2, 0.25) is 0 Å². The Morgan fingerprint density at radius 1 is 1.39 bits per heavy atom. The number of hydrogen-bond donors (Lipinski definition) is 2. The van der Waals surface area contributed by atoms with Gasteiger partial charge >= 0.3 is 5.97 Å². The van der Waals surface area contributed by atoms with Gasteiger partial charge in [-0.25, -0.2) is 4.79 Å². The zero-order valence-corrected chi connectivity index (χ0v) is 14.1. The molecular weight excluding hydrogens is 292 g/mol. The van der Waals surface area contributed by atoms with Gasteiger partial charge in [-0.3, -0.25) is 0 Å². The topological polar surface area (TPSA) is 66.8 Å². The van der Waals surface area contributed by atoms with E-state index in [-0.39, 0.29) is 11.3 Å². The standard InChI is InChI=1S/C19H24O4/c1-5-6-13-11-15-14(17(20)16(13)18(21)22)8-10-19(4,23-15)9-7-12(2)3/h7-8,10-11,20H,5-6,9H2,1-4H3,(H,21,22). The van der Waals surface area contributed by atoms with Gasteiger partial charge in [-0.15, -0.1) is 0 Å². The fourth-order valence-electron chi connectivity index (χ4n) is 2.72. The number of carboxylic acids is 1. The van der Waals surface area contributed by atoms with Gasteiger partial charge in [0.05, 0.1) is 5.56 Å². The molecule has 1 aromatic rings. The quantitative estimate of drug-likeness (QED) is 0.781. The molecular formula is C19H24O4. The van der Waals surface area contributed by atoms with Crippen molar-refractivity contribution >= 4 is 12.0 Å². The van der Waals surface area contributed by atoms with Crippen molar-refractivity contribution in [1.29, 1.82) is 0 Å². The number of benzene rings is 1. The third-order valence-corrected chi connectivity index (χ3v) is 3.98. The maximum atomic E-state index is 11.5. The summed E-state index contributed by atoms with van der Waals surface area (Å²) in [7, 11) is 0. The average Bonchev–Trinajstić information content (AvgIpc) is 2.45. The lowest BCUT2D eigenvalue weighted by Gasteiger charge is -2.32. The number of hydrogen-bond acceptors (Lipinski definition) is 3. The smallest absolute Gasteiger partial charge is 0.339 e. The van der Waals surface area contributed by atoms with E-state index in [9.17, 15) is 15.0 Å². The highest BCUT2D eigenvalue weighted by atomic mass is 16.5. The fourth-order valence-corrected chi connectivity index (χ4v) is 2.72. The highest BCUT2D eigenvalue weighted by molar-refractivity contribution is 5.95. The van der Waals surface area contributed by atoms with Crippen LogP contribution in [0.4, 0.5) is 0 Å². The number of aryl methyl sites for hydroxylation is 1. The van der Waals surface area contributed by atoms with Crippen LogP contribution in [0.15, 0.2) is 23.8 Å². The summed E-state index contributed by atoms with van der Waals surface area (Å²) in [5.41, 5.74) is 1.75. The Morgan fingerprint density at radius 3 is 2.65 bits per heavy atom. The summed E-state index contributed by atoms with van der Waals surface area (Å²) in [6.45, 7) is 8.03. The molecule has 1 aliphatic rings. The zero-order chi connectivity index (χ0) is 17.2. The number of aromatic carboxylic acids is 1. The van der Waals surface area contributed by atoms with Gasteiger partial charge in [0.15, 0.2) is 0 Å². The highest BCUT2D eigenvalue weighted by Gasteiger charge is 2.30.